The number of amides is 4. The molecule has 2 N–H and O–H groups in total. The van der Waals surface area contributed by atoms with Crippen LogP contribution in [0, 0.1) is 0 Å². The van der Waals surface area contributed by atoms with Crippen LogP contribution in [0.4, 0.5) is 5.69 Å². The number of halogens is 1. The van der Waals surface area contributed by atoms with Crippen molar-refractivity contribution in [2.75, 3.05) is 24.5 Å². The zero-order valence-corrected chi connectivity index (χ0v) is 21.9. The maximum atomic E-state index is 14.2. The number of nitrogens with zero attached hydrogens (tertiary/aromatic N) is 2. The highest BCUT2D eigenvalue weighted by Gasteiger charge is 2.42. The molecule has 10 heteroatoms. The van der Waals surface area contributed by atoms with Gasteiger partial charge >= 0.3 is 0 Å². The number of fused-ring (bicyclic) bond motifs is 1. The third-order valence-electron chi connectivity index (χ3n) is 7.04. The summed E-state index contributed by atoms with van der Waals surface area (Å²) in [6.07, 6.45) is 3.64. The van der Waals surface area contributed by atoms with Gasteiger partial charge in [-0.3, -0.25) is 19.2 Å². The smallest absolute Gasteiger partial charge is 0.251 e. The first-order valence-electron chi connectivity index (χ1n) is 12.6. The fraction of sp³-hybridized carbons (Fsp3) is 0.407. The number of anilines is 1. The number of hydrogen-bond acceptors (Lipinski definition) is 5. The van der Waals surface area contributed by atoms with Crippen molar-refractivity contribution in [2.45, 2.75) is 54.3 Å². The number of carbonyl (C=O) groups excluding carboxylic acids is 4. The van der Waals surface area contributed by atoms with E-state index in [1.165, 1.54) is 16.7 Å². The Hall–Kier alpha value is -3.04. The largest absolute Gasteiger partial charge is 0.344 e. The van der Waals surface area contributed by atoms with Crippen LogP contribution in [-0.2, 0) is 19.2 Å². The van der Waals surface area contributed by atoms with E-state index in [1.54, 1.807) is 23.1 Å². The predicted octanol–water partition coefficient (Wildman–Crippen LogP) is 3.30. The summed E-state index contributed by atoms with van der Waals surface area (Å²) < 4.78 is 0. The second-order valence-corrected chi connectivity index (χ2v) is 11.2. The van der Waals surface area contributed by atoms with Gasteiger partial charge in [-0.2, -0.15) is 0 Å². The second-order valence-electron chi connectivity index (χ2n) is 9.57. The van der Waals surface area contributed by atoms with Crippen LogP contribution in [0.3, 0.4) is 0 Å². The molecular weight excluding hydrogens is 512 g/mol. The highest BCUT2D eigenvalue weighted by Crippen LogP contribution is 2.46. The quantitative estimate of drug-likeness (QED) is 0.606. The van der Waals surface area contributed by atoms with Crippen molar-refractivity contribution in [1.29, 1.82) is 0 Å². The maximum Gasteiger partial charge on any atom is 0.251 e. The maximum absolute atomic E-state index is 14.2. The first-order valence-corrected chi connectivity index (χ1v) is 13.9. The molecule has 0 unspecified atom stereocenters. The lowest BCUT2D eigenvalue weighted by atomic mass is 10.0. The molecule has 2 aromatic carbocycles. The minimum atomic E-state index is -0.960. The van der Waals surface area contributed by atoms with Gasteiger partial charge in [0.05, 0.1) is 10.9 Å². The molecule has 194 valence electrons. The van der Waals surface area contributed by atoms with Crippen LogP contribution in [0.25, 0.3) is 0 Å². The lowest BCUT2D eigenvalue weighted by Crippen LogP contribution is -2.55. The molecule has 0 saturated carbocycles. The Kier molecular flexibility index (Phi) is 7.71. The van der Waals surface area contributed by atoms with Gasteiger partial charge in [-0.25, -0.2) is 0 Å². The van der Waals surface area contributed by atoms with Gasteiger partial charge < -0.3 is 20.4 Å². The van der Waals surface area contributed by atoms with Gasteiger partial charge in [0.15, 0.2) is 0 Å². The Morgan fingerprint density at radius 1 is 1.05 bits per heavy atom. The van der Waals surface area contributed by atoms with Crippen molar-refractivity contribution in [3.05, 3.63) is 59.1 Å². The summed E-state index contributed by atoms with van der Waals surface area (Å²) in [5.41, 5.74) is 1.45. The molecule has 3 heterocycles. The van der Waals surface area contributed by atoms with Crippen LogP contribution in [-0.4, -0.2) is 60.2 Å². The average Bonchev–Trinajstić information content (AvgIpc) is 3.32. The molecule has 2 aromatic rings. The van der Waals surface area contributed by atoms with Gasteiger partial charge in [0, 0.05) is 29.4 Å². The number of hydrogen-bond donors (Lipinski definition) is 2. The molecule has 2 saturated heterocycles. The summed E-state index contributed by atoms with van der Waals surface area (Å²) in [5, 5.41) is 5.65. The van der Waals surface area contributed by atoms with E-state index in [0.29, 0.717) is 30.2 Å². The van der Waals surface area contributed by atoms with Crippen molar-refractivity contribution in [2.24, 2.45) is 0 Å². The topological polar surface area (TPSA) is 98.8 Å². The van der Waals surface area contributed by atoms with Gasteiger partial charge in [0.1, 0.15) is 18.6 Å². The van der Waals surface area contributed by atoms with Crippen LogP contribution < -0.4 is 15.5 Å². The van der Waals surface area contributed by atoms with E-state index in [-0.39, 0.29) is 30.7 Å². The summed E-state index contributed by atoms with van der Waals surface area (Å²) in [4.78, 5) is 56.5. The van der Waals surface area contributed by atoms with Crippen LogP contribution in [0.5, 0.6) is 0 Å². The summed E-state index contributed by atoms with van der Waals surface area (Å²) in [6.45, 7) is 1.23. The zero-order valence-electron chi connectivity index (χ0n) is 20.3. The third kappa shape index (κ3) is 5.62. The standard InChI is InChI=1S/C27H29ClN4O4S/c28-18-9-11-20-21(15-18)37-25(17-7-3-1-4-8-17)24(30-26(35)19-10-12-22(33)29-19)27(36)32(20)16-23(34)31-13-5-2-6-14-31/h1,3-4,7-9,11,15,19,24-25H,2,5-6,10,12-14,16H2,(H,29,33)(H,30,35)/t19-,24-,25-/m0/s1. The van der Waals surface area contributed by atoms with Gasteiger partial charge in [0.2, 0.25) is 17.7 Å². The molecular formula is C27H29ClN4O4S. The van der Waals surface area contributed by atoms with E-state index >= 15 is 0 Å². The van der Waals surface area contributed by atoms with Crippen molar-refractivity contribution in [3.63, 3.8) is 0 Å². The first kappa shape index (κ1) is 25.6. The minimum Gasteiger partial charge on any atom is -0.344 e. The second kappa shape index (κ2) is 11.1. The highest BCUT2D eigenvalue weighted by molar-refractivity contribution is 7.99. The average molecular weight is 541 g/mol. The molecule has 3 aliphatic heterocycles. The van der Waals surface area contributed by atoms with E-state index in [4.69, 9.17) is 11.6 Å². The lowest BCUT2D eigenvalue weighted by molar-refractivity contribution is -0.133. The predicted molar refractivity (Wildman–Crippen MR) is 142 cm³/mol. The van der Waals surface area contributed by atoms with Crippen LogP contribution >= 0.6 is 23.4 Å². The molecule has 37 heavy (non-hydrogen) atoms. The molecule has 8 nitrogen and oxygen atoms in total. The van der Waals surface area contributed by atoms with Gasteiger partial charge in [-0.05, 0) is 49.4 Å². The van der Waals surface area contributed by atoms with E-state index in [0.717, 1.165) is 29.7 Å². The molecule has 0 aliphatic carbocycles. The molecule has 5 rings (SSSR count). The van der Waals surface area contributed by atoms with Gasteiger partial charge in [-0.1, -0.05) is 41.9 Å². The van der Waals surface area contributed by atoms with E-state index in [1.807, 2.05) is 30.3 Å². The summed E-state index contributed by atoms with van der Waals surface area (Å²) in [5.74, 6) is -1.08. The highest BCUT2D eigenvalue weighted by atomic mass is 35.5. The van der Waals surface area contributed by atoms with Crippen LogP contribution in [0.15, 0.2) is 53.4 Å². The molecule has 3 atom stereocenters. The molecule has 0 aromatic heterocycles. The normalized spacial score (nSPS) is 23.8. The molecule has 0 spiro atoms. The van der Waals surface area contributed by atoms with Crippen molar-refractivity contribution in [3.8, 4) is 0 Å². The van der Waals surface area contributed by atoms with Crippen LogP contribution in [0.2, 0.25) is 5.02 Å². The van der Waals surface area contributed by atoms with Crippen molar-refractivity contribution >= 4 is 52.7 Å². The van der Waals surface area contributed by atoms with Gasteiger partial charge in [-0.15, -0.1) is 11.8 Å². The van der Waals surface area contributed by atoms with Crippen LogP contribution in [0.1, 0.15) is 42.9 Å². The Balaban J connectivity index is 1.52. The minimum absolute atomic E-state index is 0.120. The third-order valence-corrected chi connectivity index (χ3v) is 8.66. The number of benzene rings is 2. The number of carbonyl (C=O) groups is 4. The number of rotatable bonds is 5. The molecule has 4 amide bonds. The number of piperidine rings is 1. The summed E-state index contributed by atoms with van der Waals surface area (Å²) in [7, 11) is 0. The Morgan fingerprint density at radius 2 is 1.81 bits per heavy atom. The van der Waals surface area contributed by atoms with Gasteiger partial charge in [0.25, 0.3) is 5.91 Å². The number of nitrogens with one attached hydrogen (secondary N) is 2. The molecule has 0 radical (unpaired) electrons. The Labute approximate surface area is 225 Å². The van der Waals surface area contributed by atoms with E-state index in [9.17, 15) is 19.2 Å². The Bertz CT molecular complexity index is 1200. The molecule has 3 aliphatic rings. The summed E-state index contributed by atoms with van der Waals surface area (Å²) in [6, 6.07) is 13.1. The van der Waals surface area contributed by atoms with Crippen molar-refractivity contribution < 1.29 is 19.2 Å². The Morgan fingerprint density at radius 3 is 2.51 bits per heavy atom. The van der Waals surface area contributed by atoms with Crippen molar-refractivity contribution in [1.82, 2.24) is 15.5 Å². The molecule has 0 bridgehead atoms. The molecule has 2 fully saturated rings. The summed E-state index contributed by atoms with van der Waals surface area (Å²) >= 11 is 7.79. The SMILES string of the molecule is O=C1CC[C@@H](C(=O)N[C@@H]2C(=O)N(CC(=O)N3CCCCC3)c3ccc(Cl)cc3S[C@H]2c2ccccc2)N1. The zero-order chi connectivity index (χ0) is 25.9. The number of likely N-dealkylation sites (tertiary alicyclic amines) is 1. The lowest BCUT2D eigenvalue weighted by Gasteiger charge is -2.32. The number of thioether (sulfide) groups is 1. The first-order chi connectivity index (χ1) is 17.9. The fourth-order valence-electron chi connectivity index (χ4n) is 5.07. The van der Waals surface area contributed by atoms with E-state index in [2.05, 4.69) is 10.6 Å². The fourth-order valence-corrected chi connectivity index (χ4v) is 6.69. The van der Waals surface area contributed by atoms with E-state index < -0.39 is 23.2 Å². The monoisotopic (exact) mass is 540 g/mol.